The first kappa shape index (κ1) is 23.6. The molecule has 0 bridgehead atoms. The van der Waals surface area contributed by atoms with Crippen LogP contribution in [0.3, 0.4) is 0 Å². The van der Waals surface area contributed by atoms with E-state index in [-0.39, 0.29) is 23.6 Å². The van der Waals surface area contributed by atoms with E-state index in [2.05, 4.69) is 20.5 Å². The number of aromatic amines is 3. The van der Waals surface area contributed by atoms with Gasteiger partial charge in [-0.2, -0.15) is 0 Å². The second-order valence-corrected chi connectivity index (χ2v) is 8.17. The largest absolute Gasteiger partial charge is 0.508 e. The maximum Gasteiger partial charge on any atom is 0.328 e. The molecule has 9 nitrogen and oxygen atoms in total. The number of para-hydroxylation sites is 1. The molecule has 0 radical (unpaired) electrons. The molecule has 0 fully saturated rings. The molecule has 0 aliphatic heterocycles. The molecule has 4 rings (SSSR count). The molecule has 0 aliphatic rings. The number of phenols is 1. The van der Waals surface area contributed by atoms with Crippen LogP contribution in [0.25, 0.3) is 23.1 Å². The van der Waals surface area contributed by atoms with Crippen LogP contribution in [0.2, 0.25) is 0 Å². The fraction of sp³-hybridized carbons (Fsp3) is 0.192. The Balaban J connectivity index is 1.81. The summed E-state index contributed by atoms with van der Waals surface area (Å²) in [6, 6.07) is 13.6. The fourth-order valence-corrected chi connectivity index (χ4v) is 4.03. The van der Waals surface area contributed by atoms with Crippen LogP contribution in [-0.2, 0) is 27.2 Å². The third-order valence-corrected chi connectivity index (χ3v) is 5.73. The highest BCUT2D eigenvalue weighted by molar-refractivity contribution is 5.89. The van der Waals surface area contributed by atoms with Crippen molar-refractivity contribution in [1.82, 2.24) is 20.5 Å². The molecule has 0 spiro atoms. The molecule has 9 heteroatoms. The Morgan fingerprint density at radius 1 is 1.11 bits per heavy atom. The second-order valence-electron chi connectivity index (χ2n) is 8.17. The standard InChI is InChI=1S/C26H26N4O5/c1-15(31)27-24(26(34)35-2)13-19-18-5-3-4-6-21(18)28-23(19)14-20-22(29-30-25(20)33)12-9-16-7-10-17(32)11-8-16/h3-8,10-12,14,24,28-29,32H,9,13H2,1-2H3,(H,27,31)(H,30,33). The van der Waals surface area contributed by atoms with Crippen molar-refractivity contribution in [2.75, 3.05) is 7.11 Å². The van der Waals surface area contributed by atoms with Crippen molar-refractivity contribution >= 4 is 34.9 Å². The molecule has 0 aliphatic carbocycles. The topological polar surface area (TPSA) is 140 Å². The Hall–Kier alpha value is -4.53. The van der Waals surface area contributed by atoms with Crippen LogP contribution in [0.15, 0.2) is 53.3 Å². The quantitative estimate of drug-likeness (QED) is 0.254. The lowest BCUT2D eigenvalue weighted by Gasteiger charge is -2.15. The number of nitrogens with one attached hydrogen (secondary N) is 4. The molecule has 4 aromatic rings. The van der Waals surface area contributed by atoms with Crippen molar-refractivity contribution in [3.05, 3.63) is 86.3 Å². The Morgan fingerprint density at radius 2 is 1.86 bits per heavy atom. The lowest BCUT2D eigenvalue weighted by Crippen LogP contribution is -2.42. The summed E-state index contributed by atoms with van der Waals surface area (Å²) in [4.78, 5) is 40.0. The van der Waals surface area contributed by atoms with Crippen LogP contribution >= 0.6 is 0 Å². The number of rotatable bonds is 7. The summed E-state index contributed by atoms with van der Waals surface area (Å²) in [5.74, 6) is -0.716. The summed E-state index contributed by atoms with van der Waals surface area (Å²) in [6.45, 7) is 1.34. The highest BCUT2D eigenvalue weighted by Crippen LogP contribution is 2.24. The molecule has 2 heterocycles. The van der Waals surface area contributed by atoms with Crippen molar-refractivity contribution in [3.8, 4) is 5.75 Å². The number of carbonyl (C=O) groups is 2. The average Bonchev–Trinajstić information content (AvgIpc) is 3.37. The van der Waals surface area contributed by atoms with Gasteiger partial charge >= 0.3 is 5.97 Å². The normalized spacial score (nSPS) is 13.2. The molecule has 2 aromatic carbocycles. The number of H-pyrrole nitrogens is 3. The number of carbonyl (C=O) groups excluding carboxylic acids is 2. The van der Waals surface area contributed by atoms with E-state index in [0.29, 0.717) is 22.7 Å². The van der Waals surface area contributed by atoms with Gasteiger partial charge in [-0.15, -0.1) is 0 Å². The van der Waals surface area contributed by atoms with Gasteiger partial charge in [-0.3, -0.25) is 19.8 Å². The van der Waals surface area contributed by atoms with Crippen LogP contribution in [0.4, 0.5) is 0 Å². The van der Waals surface area contributed by atoms with Gasteiger partial charge in [0.2, 0.25) is 5.91 Å². The third-order valence-electron chi connectivity index (χ3n) is 5.73. The van der Waals surface area contributed by atoms with Gasteiger partial charge in [-0.1, -0.05) is 36.4 Å². The number of aromatic nitrogens is 3. The van der Waals surface area contributed by atoms with Gasteiger partial charge in [0, 0.05) is 29.9 Å². The summed E-state index contributed by atoms with van der Waals surface area (Å²) in [7, 11) is 1.27. The van der Waals surface area contributed by atoms with E-state index in [4.69, 9.17) is 4.74 Å². The molecule has 1 amide bonds. The minimum absolute atomic E-state index is 0.178. The number of ether oxygens (including phenoxy) is 1. The molecule has 5 N–H and O–H groups in total. The van der Waals surface area contributed by atoms with E-state index >= 15 is 0 Å². The number of benzene rings is 2. The first-order valence-electron chi connectivity index (χ1n) is 11.1. The summed E-state index contributed by atoms with van der Waals surface area (Å²) in [5.41, 5.74) is 2.93. The highest BCUT2D eigenvalue weighted by atomic mass is 16.5. The Kier molecular flexibility index (Phi) is 6.86. The van der Waals surface area contributed by atoms with Crippen molar-refractivity contribution in [2.45, 2.75) is 25.8 Å². The van der Waals surface area contributed by atoms with E-state index in [9.17, 15) is 19.5 Å². The maximum absolute atomic E-state index is 12.6. The Morgan fingerprint density at radius 3 is 2.57 bits per heavy atom. The third kappa shape index (κ3) is 5.35. The zero-order chi connectivity index (χ0) is 24.9. The van der Waals surface area contributed by atoms with Gasteiger partial charge < -0.3 is 20.1 Å². The highest BCUT2D eigenvalue weighted by Gasteiger charge is 2.24. The number of fused-ring (bicyclic) bond motifs is 1. The molecule has 2 aromatic heterocycles. The summed E-state index contributed by atoms with van der Waals surface area (Å²) in [6.07, 6.45) is 4.33. The smallest absolute Gasteiger partial charge is 0.328 e. The van der Waals surface area contributed by atoms with Crippen molar-refractivity contribution < 1.29 is 19.4 Å². The summed E-state index contributed by atoms with van der Waals surface area (Å²) < 4.78 is 4.88. The first-order valence-corrected chi connectivity index (χ1v) is 11.1. The monoisotopic (exact) mass is 474 g/mol. The second kappa shape index (κ2) is 10.2. The van der Waals surface area contributed by atoms with Crippen molar-refractivity contribution in [2.24, 2.45) is 0 Å². The number of amides is 1. The van der Waals surface area contributed by atoms with Gasteiger partial charge in [0.1, 0.15) is 11.8 Å². The van der Waals surface area contributed by atoms with E-state index in [1.807, 2.05) is 42.5 Å². The lowest BCUT2D eigenvalue weighted by molar-refractivity contribution is -0.144. The number of aromatic hydroxyl groups is 1. The minimum Gasteiger partial charge on any atom is -0.508 e. The SMILES string of the molecule is COC(=O)C(Cc1c(C=c2c(=O)[nH][nH]c2=CCc2ccc(O)cc2)[nH]c2ccccc12)NC(C)=O. The molecule has 0 saturated carbocycles. The predicted molar refractivity (Wildman–Crippen MR) is 132 cm³/mol. The minimum atomic E-state index is -0.881. The van der Waals surface area contributed by atoms with E-state index in [1.54, 1.807) is 18.2 Å². The van der Waals surface area contributed by atoms with E-state index in [0.717, 1.165) is 22.0 Å². The van der Waals surface area contributed by atoms with Crippen molar-refractivity contribution in [1.29, 1.82) is 0 Å². The number of methoxy groups -OCH3 is 1. The van der Waals surface area contributed by atoms with Crippen LogP contribution in [0, 0.1) is 0 Å². The summed E-state index contributed by atoms with van der Waals surface area (Å²) >= 11 is 0. The maximum atomic E-state index is 12.6. The van der Waals surface area contributed by atoms with Crippen LogP contribution in [0.5, 0.6) is 5.75 Å². The number of phenolic OH excluding ortho intramolecular Hbond substituents is 1. The molecule has 0 saturated heterocycles. The van der Waals surface area contributed by atoms with E-state index < -0.39 is 12.0 Å². The van der Waals surface area contributed by atoms with Gasteiger partial charge in [-0.25, -0.2) is 4.79 Å². The van der Waals surface area contributed by atoms with Gasteiger partial charge in [-0.05, 0) is 41.8 Å². The number of hydrogen-bond donors (Lipinski definition) is 5. The van der Waals surface area contributed by atoms with E-state index in [1.165, 1.54) is 14.0 Å². The fourth-order valence-electron chi connectivity index (χ4n) is 4.03. The molecule has 35 heavy (non-hydrogen) atoms. The van der Waals surface area contributed by atoms with Crippen LogP contribution in [-0.4, -0.2) is 45.3 Å². The van der Waals surface area contributed by atoms with Gasteiger partial charge in [0.25, 0.3) is 5.56 Å². The summed E-state index contributed by atoms with van der Waals surface area (Å²) in [5, 5.41) is 19.6. The van der Waals surface area contributed by atoms with Gasteiger partial charge in [0.15, 0.2) is 0 Å². The molecule has 1 atom stereocenters. The zero-order valence-electron chi connectivity index (χ0n) is 19.3. The van der Waals surface area contributed by atoms with Crippen molar-refractivity contribution in [3.63, 3.8) is 0 Å². The average molecular weight is 475 g/mol. The molecule has 180 valence electrons. The number of esters is 1. The molecular weight excluding hydrogens is 448 g/mol. The zero-order valence-corrected chi connectivity index (χ0v) is 19.3. The first-order chi connectivity index (χ1) is 16.9. The Bertz CT molecular complexity index is 1540. The Labute approximate surface area is 200 Å². The van der Waals surface area contributed by atoms with Crippen LogP contribution in [0.1, 0.15) is 23.7 Å². The predicted octanol–water partition coefficient (Wildman–Crippen LogP) is 0.962. The number of hydrogen-bond acceptors (Lipinski definition) is 5. The van der Waals surface area contributed by atoms with Gasteiger partial charge in [0.05, 0.1) is 17.7 Å². The van der Waals surface area contributed by atoms with Crippen LogP contribution < -0.4 is 21.4 Å². The molecule has 1 unspecified atom stereocenters. The lowest BCUT2D eigenvalue weighted by atomic mass is 10.0. The molecular formula is C26H26N4O5.